The van der Waals surface area contributed by atoms with Gasteiger partial charge < -0.3 is 9.32 Å². The van der Waals surface area contributed by atoms with E-state index in [9.17, 15) is 4.79 Å². The van der Waals surface area contributed by atoms with Crippen LogP contribution in [-0.4, -0.2) is 32.1 Å². The van der Waals surface area contributed by atoms with E-state index in [-0.39, 0.29) is 18.4 Å². The molecule has 1 atom stereocenters. The average Bonchev–Trinajstić information content (AvgIpc) is 3.34. The summed E-state index contributed by atoms with van der Waals surface area (Å²) in [7, 11) is 1.89. The second-order valence-corrected chi connectivity index (χ2v) is 6.94. The van der Waals surface area contributed by atoms with Gasteiger partial charge in [0.2, 0.25) is 11.8 Å². The maximum absolute atomic E-state index is 12.7. The molecular formula is C17H18N4O2S. The van der Waals surface area contributed by atoms with Crippen molar-refractivity contribution in [1.29, 1.82) is 0 Å². The number of aromatic nitrogens is 3. The summed E-state index contributed by atoms with van der Waals surface area (Å²) >= 11 is 1.57. The Morgan fingerprint density at radius 1 is 1.50 bits per heavy atom. The van der Waals surface area contributed by atoms with Gasteiger partial charge in [-0.2, -0.15) is 5.10 Å². The summed E-state index contributed by atoms with van der Waals surface area (Å²) in [6, 6.07) is 4.04. The zero-order chi connectivity index (χ0) is 16.5. The highest BCUT2D eigenvalue weighted by Crippen LogP contribution is 2.32. The topological polar surface area (TPSA) is 64.2 Å². The fraction of sp³-hybridized carbons (Fsp3) is 0.353. The van der Waals surface area contributed by atoms with Gasteiger partial charge in [-0.3, -0.25) is 9.48 Å². The summed E-state index contributed by atoms with van der Waals surface area (Å²) < 4.78 is 7.28. The highest BCUT2D eigenvalue weighted by atomic mass is 32.1. The Labute approximate surface area is 143 Å². The first-order chi connectivity index (χ1) is 11.7. The van der Waals surface area contributed by atoms with Crippen LogP contribution in [0.1, 0.15) is 30.1 Å². The van der Waals surface area contributed by atoms with Crippen molar-refractivity contribution >= 4 is 17.2 Å². The lowest BCUT2D eigenvalue weighted by atomic mass is 10.1. The van der Waals surface area contributed by atoms with Crippen LogP contribution in [0.25, 0.3) is 10.8 Å². The summed E-state index contributed by atoms with van der Waals surface area (Å²) in [5.74, 6) is 0.672. The molecule has 6 nitrogen and oxygen atoms in total. The van der Waals surface area contributed by atoms with Gasteiger partial charge in [0.25, 0.3) is 0 Å². The number of hydrogen-bond acceptors (Lipinski definition) is 5. The molecular weight excluding hydrogens is 324 g/mol. The van der Waals surface area contributed by atoms with E-state index >= 15 is 0 Å². The molecule has 1 aliphatic heterocycles. The van der Waals surface area contributed by atoms with Crippen molar-refractivity contribution in [2.24, 2.45) is 7.05 Å². The minimum Gasteiger partial charge on any atom is -0.444 e. The highest BCUT2D eigenvalue weighted by Gasteiger charge is 2.31. The zero-order valence-corrected chi connectivity index (χ0v) is 14.2. The van der Waals surface area contributed by atoms with Crippen LogP contribution in [0.3, 0.4) is 0 Å². The van der Waals surface area contributed by atoms with Gasteiger partial charge in [-0.1, -0.05) is 6.07 Å². The molecule has 7 heteroatoms. The molecule has 1 amide bonds. The van der Waals surface area contributed by atoms with E-state index in [2.05, 4.69) is 10.1 Å². The first-order valence-electron chi connectivity index (χ1n) is 7.97. The summed E-state index contributed by atoms with van der Waals surface area (Å²) in [6.45, 7) is 0.786. The molecule has 24 heavy (non-hydrogen) atoms. The van der Waals surface area contributed by atoms with Crippen LogP contribution in [0.2, 0.25) is 0 Å². The molecule has 4 rings (SSSR count). The van der Waals surface area contributed by atoms with Crippen molar-refractivity contribution in [2.45, 2.75) is 25.3 Å². The fourth-order valence-electron chi connectivity index (χ4n) is 3.18. The number of carbonyl (C=O) groups is 1. The second kappa shape index (κ2) is 6.24. The van der Waals surface area contributed by atoms with Crippen LogP contribution >= 0.6 is 11.3 Å². The lowest BCUT2D eigenvalue weighted by Crippen LogP contribution is -2.31. The van der Waals surface area contributed by atoms with E-state index in [1.165, 1.54) is 0 Å². The average molecular weight is 342 g/mol. The number of rotatable bonds is 4. The van der Waals surface area contributed by atoms with Crippen molar-refractivity contribution in [3.8, 4) is 10.8 Å². The lowest BCUT2D eigenvalue weighted by Gasteiger charge is -2.23. The summed E-state index contributed by atoms with van der Waals surface area (Å²) in [5.41, 5.74) is 1.78. The van der Waals surface area contributed by atoms with Gasteiger partial charge in [-0.05, 0) is 24.3 Å². The number of carbonyl (C=O) groups excluding carboxylic acids is 1. The molecule has 0 bridgehead atoms. The van der Waals surface area contributed by atoms with Crippen LogP contribution in [0.5, 0.6) is 0 Å². The molecule has 0 unspecified atom stereocenters. The molecule has 124 valence electrons. The number of amides is 1. The van der Waals surface area contributed by atoms with Crippen molar-refractivity contribution in [1.82, 2.24) is 19.7 Å². The molecule has 0 saturated carbocycles. The number of likely N-dealkylation sites (tertiary alicyclic amines) is 1. The van der Waals surface area contributed by atoms with Crippen LogP contribution in [0.4, 0.5) is 0 Å². The van der Waals surface area contributed by atoms with Gasteiger partial charge in [-0.15, -0.1) is 11.3 Å². The SMILES string of the molecule is Cn1cc([C@@H]2CCCN2C(=O)Cc2coc(-c3cccs3)n2)cn1. The number of thiophene rings is 1. The molecule has 0 aliphatic carbocycles. The largest absolute Gasteiger partial charge is 0.444 e. The first-order valence-corrected chi connectivity index (χ1v) is 8.85. The van der Waals surface area contributed by atoms with Crippen molar-refractivity contribution in [3.05, 3.63) is 47.4 Å². The molecule has 3 aromatic heterocycles. The van der Waals surface area contributed by atoms with E-state index < -0.39 is 0 Å². The molecule has 3 aromatic rings. The standard InChI is InChI=1S/C17H18N4O2S/c1-20-10-12(9-18-20)14-4-2-6-21(14)16(22)8-13-11-23-17(19-13)15-5-3-7-24-15/h3,5,7,9-11,14H,2,4,6,8H2,1H3/t14-/m0/s1. The number of hydrogen-bond donors (Lipinski definition) is 0. The Hall–Kier alpha value is -2.41. The van der Waals surface area contributed by atoms with Gasteiger partial charge in [-0.25, -0.2) is 4.98 Å². The van der Waals surface area contributed by atoms with E-state index in [4.69, 9.17) is 4.42 Å². The minimum atomic E-state index is 0.0902. The van der Waals surface area contributed by atoms with Crippen LogP contribution in [0, 0.1) is 0 Å². The monoisotopic (exact) mass is 342 g/mol. The Bertz CT molecular complexity index is 837. The molecule has 1 aliphatic rings. The predicted octanol–water partition coefficient (Wildman–Crippen LogP) is 3.04. The molecule has 1 fully saturated rings. The van der Waals surface area contributed by atoms with Gasteiger partial charge in [0, 0.05) is 25.4 Å². The predicted molar refractivity (Wildman–Crippen MR) is 90.4 cm³/mol. The third kappa shape index (κ3) is 2.87. The van der Waals surface area contributed by atoms with Crippen LogP contribution in [0.15, 0.2) is 40.6 Å². The smallest absolute Gasteiger partial charge is 0.236 e. The normalized spacial score (nSPS) is 17.5. The molecule has 0 N–H and O–H groups in total. The molecule has 4 heterocycles. The zero-order valence-electron chi connectivity index (χ0n) is 13.4. The molecule has 1 saturated heterocycles. The minimum absolute atomic E-state index is 0.0902. The van der Waals surface area contributed by atoms with Crippen molar-refractivity contribution in [3.63, 3.8) is 0 Å². The number of oxazole rings is 1. The second-order valence-electron chi connectivity index (χ2n) is 5.99. The van der Waals surface area contributed by atoms with Gasteiger partial charge in [0.15, 0.2) is 0 Å². The fourth-order valence-corrected chi connectivity index (χ4v) is 3.84. The van der Waals surface area contributed by atoms with Crippen LogP contribution in [-0.2, 0) is 18.3 Å². The Balaban J connectivity index is 1.47. The van der Waals surface area contributed by atoms with Crippen molar-refractivity contribution in [2.75, 3.05) is 6.54 Å². The van der Waals surface area contributed by atoms with Crippen LogP contribution < -0.4 is 0 Å². The summed E-state index contributed by atoms with van der Waals surface area (Å²) in [4.78, 5) is 20.1. The Morgan fingerprint density at radius 3 is 3.17 bits per heavy atom. The van der Waals surface area contributed by atoms with E-state index in [1.54, 1.807) is 22.3 Å². The quantitative estimate of drug-likeness (QED) is 0.731. The summed E-state index contributed by atoms with van der Waals surface area (Å²) in [6.07, 6.45) is 7.69. The van der Waals surface area contributed by atoms with Gasteiger partial charge in [0.1, 0.15) is 6.26 Å². The van der Waals surface area contributed by atoms with E-state index in [1.807, 2.05) is 41.9 Å². The van der Waals surface area contributed by atoms with Crippen molar-refractivity contribution < 1.29 is 9.21 Å². The van der Waals surface area contributed by atoms with E-state index in [0.29, 0.717) is 11.6 Å². The van der Waals surface area contributed by atoms with E-state index in [0.717, 1.165) is 29.8 Å². The van der Waals surface area contributed by atoms with Gasteiger partial charge >= 0.3 is 0 Å². The lowest BCUT2D eigenvalue weighted by molar-refractivity contribution is -0.131. The number of nitrogens with zero attached hydrogens (tertiary/aromatic N) is 4. The maximum Gasteiger partial charge on any atom is 0.236 e. The summed E-state index contributed by atoms with van der Waals surface area (Å²) in [5, 5.41) is 6.20. The highest BCUT2D eigenvalue weighted by molar-refractivity contribution is 7.13. The third-order valence-electron chi connectivity index (χ3n) is 4.30. The molecule has 0 radical (unpaired) electrons. The maximum atomic E-state index is 12.7. The Morgan fingerprint density at radius 2 is 2.42 bits per heavy atom. The van der Waals surface area contributed by atoms with Gasteiger partial charge in [0.05, 0.1) is 29.2 Å². The Kier molecular flexibility index (Phi) is 3.93. The molecule has 0 spiro atoms. The third-order valence-corrected chi connectivity index (χ3v) is 5.16. The first kappa shape index (κ1) is 15.1. The molecule has 0 aromatic carbocycles. The number of aryl methyl sites for hydroxylation is 1.